The fourth-order valence-corrected chi connectivity index (χ4v) is 3.32. The van der Waals surface area contributed by atoms with Crippen molar-refractivity contribution < 1.29 is 32.2 Å². The lowest BCUT2D eigenvalue weighted by Gasteiger charge is -2.34. The molecule has 1 N–H and O–H groups in total. The minimum Gasteiger partial charge on any atom is -0.486 e. The minimum atomic E-state index is -4.53. The Morgan fingerprint density at radius 2 is 2.04 bits per heavy atom. The van der Waals surface area contributed by atoms with Gasteiger partial charge in [0.1, 0.15) is 24.6 Å². The van der Waals surface area contributed by atoms with Gasteiger partial charge >= 0.3 is 12.1 Å². The number of hydrogen-bond acceptors (Lipinski definition) is 6. The topological polar surface area (TPSA) is 74.6 Å². The molecule has 0 spiro atoms. The van der Waals surface area contributed by atoms with E-state index in [1.807, 2.05) is 0 Å². The summed E-state index contributed by atoms with van der Waals surface area (Å²) in [5, 5.41) is 6.75. The molecule has 0 bridgehead atoms. The standard InChI is InChI=1S/C17H16F3N3O4/c1-25-16(24)10-8-21-23-14(17(18,19)20)7-11(22-15(10)23)9-2-3-12-13(6-9)27-5-4-26-12/h2-3,6,8,11,14,22H,4-5,7H2,1H3/t11-,14+/m0/s1. The van der Waals surface area contributed by atoms with Crippen LogP contribution in [0.25, 0.3) is 0 Å². The third-order valence-corrected chi connectivity index (χ3v) is 4.61. The molecule has 0 aliphatic carbocycles. The third kappa shape index (κ3) is 3.04. The maximum atomic E-state index is 13.6. The highest BCUT2D eigenvalue weighted by molar-refractivity contribution is 5.94. The number of carbonyl (C=O) groups excluding carboxylic acids is 1. The normalized spacial score (nSPS) is 21.2. The van der Waals surface area contributed by atoms with Gasteiger partial charge < -0.3 is 19.5 Å². The maximum Gasteiger partial charge on any atom is 0.410 e. The summed E-state index contributed by atoms with van der Waals surface area (Å²) in [6.07, 6.45) is -3.72. The molecule has 10 heteroatoms. The first-order chi connectivity index (χ1) is 12.9. The Kier molecular flexibility index (Phi) is 4.12. The SMILES string of the molecule is COC(=O)c1cnn2c1N[C@H](c1ccc3c(c1)OCCO3)C[C@@H]2C(F)(F)F. The summed E-state index contributed by atoms with van der Waals surface area (Å²) in [5.74, 6) is 0.257. The van der Waals surface area contributed by atoms with Crippen LogP contribution in [0.1, 0.15) is 34.4 Å². The molecule has 4 rings (SSSR count). The van der Waals surface area contributed by atoms with Gasteiger partial charge in [0, 0.05) is 6.42 Å². The van der Waals surface area contributed by atoms with Crippen LogP contribution in [0.2, 0.25) is 0 Å². The lowest BCUT2D eigenvalue weighted by atomic mass is 9.96. The molecule has 2 aromatic rings. The van der Waals surface area contributed by atoms with Crippen LogP contribution in [0.3, 0.4) is 0 Å². The summed E-state index contributed by atoms with van der Waals surface area (Å²) in [7, 11) is 1.16. The Labute approximate surface area is 152 Å². The van der Waals surface area contributed by atoms with E-state index in [0.29, 0.717) is 30.3 Å². The monoisotopic (exact) mass is 383 g/mol. The fourth-order valence-electron chi connectivity index (χ4n) is 3.32. The van der Waals surface area contributed by atoms with Gasteiger partial charge in [-0.25, -0.2) is 9.48 Å². The van der Waals surface area contributed by atoms with Crippen molar-refractivity contribution in [3.63, 3.8) is 0 Å². The molecule has 27 heavy (non-hydrogen) atoms. The molecule has 0 amide bonds. The van der Waals surface area contributed by atoms with Gasteiger partial charge in [-0.05, 0) is 17.7 Å². The van der Waals surface area contributed by atoms with Crippen molar-refractivity contribution in [2.75, 3.05) is 25.6 Å². The highest BCUT2D eigenvalue weighted by atomic mass is 19.4. The summed E-state index contributed by atoms with van der Waals surface area (Å²) in [6, 6.07) is 2.44. The van der Waals surface area contributed by atoms with Gasteiger partial charge in [0.25, 0.3) is 0 Å². The van der Waals surface area contributed by atoms with Crippen LogP contribution in [0.15, 0.2) is 24.4 Å². The number of nitrogens with zero attached hydrogens (tertiary/aromatic N) is 2. The molecule has 0 fully saturated rings. The van der Waals surface area contributed by atoms with Gasteiger partial charge in [0.05, 0.1) is 19.3 Å². The number of hydrogen-bond donors (Lipinski definition) is 1. The Morgan fingerprint density at radius 3 is 2.74 bits per heavy atom. The van der Waals surface area contributed by atoms with Crippen LogP contribution < -0.4 is 14.8 Å². The number of alkyl halides is 3. The molecular weight excluding hydrogens is 367 g/mol. The average Bonchev–Trinajstić information content (AvgIpc) is 3.09. The maximum absolute atomic E-state index is 13.6. The lowest BCUT2D eigenvalue weighted by Crippen LogP contribution is -2.36. The van der Waals surface area contributed by atoms with E-state index >= 15 is 0 Å². The molecule has 2 aliphatic heterocycles. The Bertz CT molecular complexity index is 881. The quantitative estimate of drug-likeness (QED) is 0.804. The molecule has 0 unspecified atom stereocenters. The van der Waals surface area contributed by atoms with E-state index in [9.17, 15) is 18.0 Å². The molecule has 1 aromatic carbocycles. The van der Waals surface area contributed by atoms with Crippen molar-refractivity contribution in [3.05, 3.63) is 35.5 Å². The predicted octanol–water partition coefficient (Wildman–Crippen LogP) is 3.10. The number of rotatable bonds is 2. The summed E-state index contributed by atoms with van der Waals surface area (Å²) < 4.78 is 57.3. The van der Waals surface area contributed by atoms with E-state index < -0.39 is 24.2 Å². The van der Waals surface area contributed by atoms with Crippen molar-refractivity contribution in [1.82, 2.24) is 9.78 Å². The summed E-state index contributed by atoms with van der Waals surface area (Å²) in [4.78, 5) is 11.9. The smallest absolute Gasteiger partial charge is 0.410 e. The number of nitrogens with one attached hydrogen (secondary N) is 1. The number of halogens is 3. The van der Waals surface area contributed by atoms with Crippen LogP contribution in [-0.4, -0.2) is 42.2 Å². The van der Waals surface area contributed by atoms with Crippen molar-refractivity contribution in [2.45, 2.75) is 24.7 Å². The van der Waals surface area contributed by atoms with Crippen molar-refractivity contribution in [2.24, 2.45) is 0 Å². The van der Waals surface area contributed by atoms with E-state index in [1.54, 1.807) is 18.2 Å². The fraction of sp³-hybridized carbons (Fsp3) is 0.412. The van der Waals surface area contributed by atoms with E-state index in [2.05, 4.69) is 15.2 Å². The second kappa shape index (κ2) is 6.36. The van der Waals surface area contributed by atoms with E-state index in [0.717, 1.165) is 18.0 Å². The number of fused-ring (bicyclic) bond motifs is 2. The number of esters is 1. The Morgan fingerprint density at radius 1 is 1.30 bits per heavy atom. The summed E-state index contributed by atoms with van der Waals surface area (Å²) in [6.45, 7) is 0.796. The molecule has 0 radical (unpaired) electrons. The molecule has 2 aliphatic rings. The highest BCUT2D eigenvalue weighted by Crippen LogP contribution is 2.45. The van der Waals surface area contributed by atoms with E-state index in [-0.39, 0.29) is 17.8 Å². The Hall–Kier alpha value is -2.91. The van der Waals surface area contributed by atoms with Crippen LogP contribution in [0.4, 0.5) is 19.0 Å². The highest BCUT2D eigenvalue weighted by Gasteiger charge is 2.47. The number of benzene rings is 1. The molecule has 2 atom stereocenters. The molecule has 0 saturated heterocycles. The molecule has 7 nitrogen and oxygen atoms in total. The van der Waals surface area contributed by atoms with Gasteiger partial charge in [-0.2, -0.15) is 18.3 Å². The summed E-state index contributed by atoms with van der Waals surface area (Å²) >= 11 is 0. The van der Waals surface area contributed by atoms with Crippen LogP contribution in [0, 0.1) is 0 Å². The second-order valence-electron chi connectivity index (χ2n) is 6.24. The molecule has 144 valence electrons. The van der Waals surface area contributed by atoms with Crippen LogP contribution in [-0.2, 0) is 4.74 Å². The molecule has 3 heterocycles. The third-order valence-electron chi connectivity index (χ3n) is 4.61. The van der Waals surface area contributed by atoms with Crippen molar-refractivity contribution in [3.8, 4) is 11.5 Å². The summed E-state index contributed by atoms with van der Waals surface area (Å²) in [5.41, 5.74) is 0.547. The zero-order chi connectivity index (χ0) is 19.2. The van der Waals surface area contributed by atoms with Gasteiger partial charge in [-0.3, -0.25) is 0 Å². The number of ether oxygens (including phenoxy) is 3. The molecule has 1 aromatic heterocycles. The largest absolute Gasteiger partial charge is 0.486 e. The average molecular weight is 383 g/mol. The minimum absolute atomic E-state index is 0.0182. The molecular formula is C17H16F3N3O4. The van der Waals surface area contributed by atoms with E-state index in [1.165, 1.54) is 0 Å². The zero-order valence-corrected chi connectivity index (χ0v) is 14.2. The van der Waals surface area contributed by atoms with Gasteiger partial charge in [0.15, 0.2) is 17.5 Å². The number of carbonyl (C=O) groups is 1. The van der Waals surface area contributed by atoms with Crippen molar-refractivity contribution >= 4 is 11.8 Å². The molecule has 0 saturated carbocycles. The van der Waals surface area contributed by atoms with E-state index in [4.69, 9.17) is 9.47 Å². The second-order valence-corrected chi connectivity index (χ2v) is 6.24. The Balaban J connectivity index is 1.74. The number of methoxy groups -OCH3 is 1. The first-order valence-corrected chi connectivity index (χ1v) is 8.27. The lowest BCUT2D eigenvalue weighted by molar-refractivity contribution is -0.173. The van der Waals surface area contributed by atoms with Crippen LogP contribution in [0.5, 0.6) is 11.5 Å². The van der Waals surface area contributed by atoms with Gasteiger partial charge in [0.2, 0.25) is 0 Å². The predicted molar refractivity (Wildman–Crippen MR) is 87.1 cm³/mol. The number of aromatic nitrogens is 2. The van der Waals surface area contributed by atoms with Gasteiger partial charge in [-0.1, -0.05) is 6.07 Å². The first-order valence-electron chi connectivity index (χ1n) is 8.27. The van der Waals surface area contributed by atoms with Gasteiger partial charge in [-0.15, -0.1) is 0 Å². The van der Waals surface area contributed by atoms with Crippen LogP contribution >= 0.6 is 0 Å². The number of anilines is 1. The zero-order valence-electron chi connectivity index (χ0n) is 14.2. The first kappa shape index (κ1) is 17.5. The van der Waals surface area contributed by atoms with Crippen molar-refractivity contribution in [1.29, 1.82) is 0 Å².